The van der Waals surface area contributed by atoms with E-state index >= 15 is 0 Å². The Morgan fingerprint density at radius 3 is 1.86 bits per heavy atom. The maximum absolute atomic E-state index is 9.48. The normalized spacial score (nSPS) is 29.6. The molecule has 2 saturated carbocycles. The summed E-state index contributed by atoms with van der Waals surface area (Å²) in [5.41, 5.74) is 0.402. The van der Waals surface area contributed by atoms with Crippen LogP contribution in [-0.2, 0) is 0 Å². The summed E-state index contributed by atoms with van der Waals surface area (Å²) >= 11 is 0. The second-order valence-electron chi connectivity index (χ2n) is 8.40. The fraction of sp³-hybridized carbons (Fsp3) is 0.895. The second-order valence-corrected chi connectivity index (χ2v) is 8.40. The largest absolute Gasteiger partial charge is 0.197 e. The molecule has 0 radical (unpaired) electrons. The zero-order chi connectivity index (χ0) is 15.5. The third kappa shape index (κ3) is 3.26. The van der Waals surface area contributed by atoms with Crippen molar-refractivity contribution in [1.82, 2.24) is 0 Å². The predicted octanol–water partition coefficient (Wildman–Crippen LogP) is 5.45. The molecule has 0 amide bonds. The molecule has 0 aliphatic heterocycles. The number of nitriles is 2. The van der Waals surface area contributed by atoms with Crippen LogP contribution in [0.25, 0.3) is 0 Å². The number of hydrogen-bond acceptors (Lipinski definition) is 2. The van der Waals surface area contributed by atoms with Gasteiger partial charge in [-0.25, -0.2) is 0 Å². The van der Waals surface area contributed by atoms with Crippen LogP contribution in [0.1, 0.15) is 78.6 Å². The van der Waals surface area contributed by atoms with E-state index in [4.69, 9.17) is 0 Å². The second kappa shape index (κ2) is 6.39. The lowest BCUT2D eigenvalue weighted by Gasteiger charge is -2.48. The summed E-state index contributed by atoms with van der Waals surface area (Å²) in [5.74, 6) is 1.01. The third-order valence-electron chi connectivity index (χ3n) is 6.38. The van der Waals surface area contributed by atoms with Crippen LogP contribution in [0.3, 0.4) is 0 Å². The van der Waals surface area contributed by atoms with Crippen molar-refractivity contribution in [3.05, 3.63) is 0 Å². The highest BCUT2D eigenvalue weighted by molar-refractivity contribution is 5.12. The molecule has 2 rings (SSSR count). The van der Waals surface area contributed by atoms with Crippen LogP contribution in [0.4, 0.5) is 0 Å². The van der Waals surface area contributed by atoms with Crippen LogP contribution in [0.15, 0.2) is 0 Å². The SMILES string of the molecule is CC(C)(C)C1CCC(C2(C(C#N)C#N)CCCCC2)CC1. The Labute approximate surface area is 130 Å². The van der Waals surface area contributed by atoms with E-state index in [1.165, 1.54) is 44.9 Å². The van der Waals surface area contributed by atoms with Crippen LogP contribution < -0.4 is 0 Å². The zero-order valence-corrected chi connectivity index (χ0v) is 14.0. The van der Waals surface area contributed by atoms with Gasteiger partial charge < -0.3 is 0 Å². The smallest absolute Gasteiger partial charge is 0.139 e. The topological polar surface area (TPSA) is 47.6 Å². The molecule has 21 heavy (non-hydrogen) atoms. The summed E-state index contributed by atoms with van der Waals surface area (Å²) < 4.78 is 0. The molecular formula is C19H30N2. The average Bonchev–Trinajstić information content (AvgIpc) is 2.49. The minimum absolute atomic E-state index is 0.00457. The summed E-state index contributed by atoms with van der Waals surface area (Å²) in [6, 6.07) is 4.68. The molecule has 0 heterocycles. The van der Waals surface area contributed by atoms with Crippen molar-refractivity contribution >= 4 is 0 Å². The fourth-order valence-electron chi connectivity index (χ4n) is 4.96. The van der Waals surface area contributed by atoms with Gasteiger partial charge in [0, 0.05) is 5.41 Å². The van der Waals surface area contributed by atoms with E-state index in [0.29, 0.717) is 11.3 Å². The van der Waals surface area contributed by atoms with Gasteiger partial charge in [0.05, 0.1) is 12.1 Å². The van der Waals surface area contributed by atoms with Gasteiger partial charge in [-0.3, -0.25) is 0 Å². The summed E-state index contributed by atoms with van der Waals surface area (Å²) in [5, 5.41) is 19.0. The predicted molar refractivity (Wildman–Crippen MR) is 85.1 cm³/mol. The van der Waals surface area contributed by atoms with E-state index < -0.39 is 5.92 Å². The molecule has 0 aromatic carbocycles. The van der Waals surface area contributed by atoms with Crippen molar-refractivity contribution in [3.63, 3.8) is 0 Å². The highest BCUT2D eigenvalue weighted by Crippen LogP contribution is 2.54. The third-order valence-corrected chi connectivity index (χ3v) is 6.38. The Morgan fingerprint density at radius 2 is 1.43 bits per heavy atom. The number of nitrogens with zero attached hydrogens (tertiary/aromatic N) is 2. The van der Waals surface area contributed by atoms with Crippen LogP contribution in [0.5, 0.6) is 0 Å². The van der Waals surface area contributed by atoms with Gasteiger partial charge in [-0.15, -0.1) is 0 Å². The lowest BCUT2D eigenvalue weighted by atomic mass is 9.54. The van der Waals surface area contributed by atoms with E-state index in [0.717, 1.165) is 18.8 Å². The molecular weight excluding hydrogens is 256 g/mol. The van der Waals surface area contributed by atoms with Gasteiger partial charge in [-0.05, 0) is 55.8 Å². The van der Waals surface area contributed by atoms with Gasteiger partial charge in [0.1, 0.15) is 5.92 Å². The first kappa shape index (κ1) is 16.4. The first-order valence-electron chi connectivity index (χ1n) is 8.73. The number of hydrogen-bond donors (Lipinski definition) is 0. The standard InChI is InChI=1S/C19H30N2/c1-18(2,3)15-7-9-16(10-8-15)19(17(13-20)14-21)11-5-4-6-12-19/h15-17H,4-12H2,1-3H3. The fourth-order valence-corrected chi connectivity index (χ4v) is 4.96. The van der Waals surface area contributed by atoms with Crippen LogP contribution >= 0.6 is 0 Å². The summed E-state index contributed by atoms with van der Waals surface area (Å²) in [6.07, 6.45) is 10.9. The van der Waals surface area contributed by atoms with Gasteiger partial charge >= 0.3 is 0 Å². The molecule has 0 aromatic rings. The van der Waals surface area contributed by atoms with Gasteiger partial charge in [-0.1, -0.05) is 40.0 Å². The molecule has 0 N–H and O–H groups in total. The summed E-state index contributed by atoms with van der Waals surface area (Å²) in [6.45, 7) is 7.05. The first-order chi connectivity index (χ1) is 9.94. The van der Waals surface area contributed by atoms with Crippen LogP contribution in [0, 0.1) is 51.2 Å². The molecule has 0 bridgehead atoms. The highest BCUT2D eigenvalue weighted by Gasteiger charge is 2.47. The first-order valence-corrected chi connectivity index (χ1v) is 8.73. The molecule has 116 valence electrons. The molecule has 2 fully saturated rings. The summed E-state index contributed by atoms with van der Waals surface area (Å²) in [7, 11) is 0. The van der Waals surface area contributed by atoms with E-state index in [1.807, 2.05) is 0 Å². The molecule has 0 spiro atoms. The van der Waals surface area contributed by atoms with E-state index in [2.05, 4.69) is 32.9 Å². The minimum Gasteiger partial charge on any atom is -0.197 e. The molecule has 2 nitrogen and oxygen atoms in total. The van der Waals surface area contributed by atoms with Crippen LogP contribution in [-0.4, -0.2) is 0 Å². The molecule has 0 aromatic heterocycles. The molecule has 2 aliphatic rings. The Bertz CT molecular complexity index is 404. The number of rotatable bonds is 2. The molecule has 2 aliphatic carbocycles. The van der Waals surface area contributed by atoms with Crippen molar-refractivity contribution in [2.45, 2.75) is 78.6 Å². The Kier molecular flexibility index (Phi) is 4.98. The Balaban J connectivity index is 2.14. The zero-order valence-electron chi connectivity index (χ0n) is 14.0. The maximum Gasteiger partial charge on any atom is 0.139 e. The monoisotopic (exact) mass is 286 g/mol. The lowest BCUT2D eigenvalue weighted by Crippen LogP contribution is -2.41. The molecule has 0 atom stereocenters. The Morgan fingerprint density at radius 1 is 0.905 bits per heavy atom. The van der Waals surface area contributed by atoms with Crippen molar-refractivity contribution in [2.75, 3.05) is 0 Å². The lowest BCUT2D eigenvalue weighted by molar-refractivity contribution is 0.0195. The maximum atomic E-state index is 9.48. The Hall–Kier alpha value is -1.02. The highest BCUT2D eigenvalue weighted by atomic mass is 14.5. The van der Waals surface area contributed by atoms with Gasteiger partial charge in [0.25, 0.3) is 0 Å². The van der Waals surface area contributed by atoms with Crippen molar-refractivity contribution in [2.24, 2.45) is 28.6 Å². The summed E-state index contributed by atoms with van der Waals surface area (Å²) in [4.78, 5) is 0. The quantitative estimate of drug-likeness (QED) is 0.677. The average molecular weight is 286 g/mol. The molecule has 2 heteroatoms. The van der Waals surface area contributed by atoms with E-state index in [-0.39, 0.29) is 5.41 Å². The van der Waals surface area contributed by atoms with Crippen molar-refractivity contribution < 1.29 is 0 Å². The molecule has 0 saturated heterocycles. The van der Waals surface area contributed by atoms with Gasteiger partial charge in [0.15, 0.2) is 0 Å². The molecule has 0 unspecified atom stereocenters. The van der Waals surface area contributed by atoms with E-state index in [1.54, 1.807) is 0 Å². The minimum atomic E-state index is -0.394. The van der Waals surface area contributed by atoms with Crippen molar-refractivity contribution in [3.8, 4) is 12.1 Å². The van der Waals surface area contributed by atoms with Crippen LogP contribution in [0.2, 0.25) is 0 Å². The van der Waals surface area contributed by atoms with Gasteiger partial charge in [0.2, 0.25) is 0 Å². The van der Waals surface area contributed by atoms with E-state index in [9.17, 15) is 10.5 Å². The van der Waals surface area contributed by atoms with Gasteiger partial charge in [-0.2, -0.15) is 10.5 Å². The van der Waals surface area contributed by atoms with Crippen molar-refractivity contribution in [1.29, 1.82) is 10.5 Å².